The molecule has 0 saturated heterocycles. The highest BCUT2D eigenvalue weighted by atomic mass is 16.5. The molecule has 0 aliphatic rings. The lowest BCUT2D eigenvalue weighted by Gasteiger charge is -2.25. The van der Waals surface area contributed by atoms with Gasteiger partial charge in [0, 0.05) is 18.7 Å². The van der Waals surface area contributed by atoms with Crippen LogP contribution in [0.5, 0.6) is 0 Å². The molecular formula is C17H23NO3. The molecule has 1 amide bonds. The van der Waals surface area contributed by atoms with Crippen molar-refractivity contribution in [3.05, 3.63) is 34.9 Å². The number of hydrogen-bond donors (Lipinski definition) is 2. The second-order valence-corrected chi connectivity index (χ2v) is 5.38. The van der Waals surface area contributed by atoms with E-state index in [0.29, 0.717) is 24.3 Å². The number of amides is 1. The van der Waals surface area contributed by atoms with E-state index in [9.17, 15) is 4.79 Å². The Balaban J connectivity index is 2.89. The smallest absolute Gasteiger partial charge is 0.252 e. The Labute approximate surface area is 126 Å². The number of aliphatic hydroxyl groups is 1. The van der Waals surface area contributed by atoms with Crippen LogP contribution in [0.1, 0.15) is 42.3 Å². The van der Waals surface area contributed by atoms with Gasteiger partial charge in [-0.05, 0) is 39.8 Å². The van der Waals surface area contributed by atoms with Crippen molar-refractivity contribution in [3.63, 3.8) is 0 Å². The van der Waals surface area contributed by atoms with Gasteiger partial charge in [0.1, 0.15) is 6.61 Å². The van der Waals surface area contributed by atoms with Crippen LogP contribution in [0, 0.1) is 18.8 Å². The molecule has 0 radical (unpaired) electrons. The Morgan fingerprint density at radius 3 is 2.76 bits per heavy atom. The largest absolute Gasteiger partial charge is 0.384 e. The first-order valence-electron chi connectivity index (χ1n) is 7.02. The summed E-state index contributed by atoms with van der Waals surface area (Å²) in [7, 11) is 0. The van der Waals surface area contributed by atoms with Gasteiger partial charge in [0.25, 0.3) is 5.91 Å². The summed E-state index contributed by atoms with van der Waals surface area (Å²) in [6, 6.07) is 5.48. The number of aryl methyl sites for hydroxylation is 1. The highest BCUT2D eigenvalue weighted by Crippen LogP contribution is 2.12. The van der Waals surface area contributed by atoms with E-state index in [4.69, 9.17) is 9.84 Å². The zero-order valence-electron chi connectivity index (χ0n) is 13.1. The molecule has 0 aliphatic carbocycles. The molecular weight excluding hydrogens is 266 g/mol. The fraction of sp³-hybridized carbons (Fsp3) is 0.471. The molecule has 1 aromatic carbocycles. The number of benzene rings is 1. The Hall–Kier alpha value is -1.83. The molecule has 4 nitrogen and oxygen atoms in total. The molecule has 0 spiro atoms. The van der Waals surface area contributed by atoms with E-state index >= 15 is 0 Å². The SMILES string of the molecule is CCOC(C)(C)CNC(=O)c1cc(C)ccc1C#CCO. The van der Waals surface area contributed by atoms with Gasteiger partial charge in [0.05, 0.1) is 11.2 Å². The van der Waals surface area contributed by atoms with Crippen molar-refractivity contribution in [1.29, 1.82) is 0 Å². The minimum absolute atomic E-state index is 0.186. The summed E-state index contributed by atoms with van der Waals surface area (Å²) in [5.74, 6) is 5.19. The third-order valence-electron chi connectivity index (χ3n) is 2.93. The van der Waals surface area contributed by atoms with Crippen LogP contribution in [0.15, 0.2) is 18.2 Å². The minimum atomic E-state index is -0.412. The number of carbonyl (C=O) groups is 1. The predicted octanol–water partition coefficient (Wildman–Crippen LogP) is 1.88. The standard InChI is InChI=1S/C17H23NO3/c1-5-21-17(3,4)12-18-16(20)15-11-13(2)8-9-14(15)7-6-10-19/h8-9,11,19H,5,10,12H2,1-4H3,(H,18,20). The van der Waals surface area contributed by atoms with Gasteiger partial charge in [-0.15, -0.1) is 0 Å². The van der Waals surface area contributed by atoms with Crippen LogP contribution in [0.3, 0.4) is 0 Å². The zero-order chi connectivity index (χ0) is 15.9. The Morgan fingerprint density at radius 2 is 2.14 bits per heavy atom. The van der Waals surface area contributed by atoms with Gasteiger partial charge in [0.15, 0.2) is 0 Å². The van der Waals surface area contributed by atoms with E-state index in [1.807, 2.05) is 33.8 Å². The van der Waals surface area contributed by atoms with Crippen LogP contribution in [-0.4, -0.2) is 36.4 Å². The average molecular weight is 289 g/mol. The summed E-state index contributed by atoms with van der Waals surface area (Å²) in [4.78, 5) is 12.3. The molecule has 2 N–H and O–H groups in total. The third kappa shape index (κ3) is 5.58. The highest BCUT2D eigenvalue weighted by molar-refractivity contribution is 5.97. The second kappa shape index (κ2) is 7.82. The summed E-state index contributed by atoms with van der Waals surface area (Å²) >= 11 is 0. The maximum Gasteiger partial charge on any atom is 0.252 e. The van der Waals surface area contributed by atoms with Crippen molar-refractivity contribution in [1.82, 2.24) is 5.32 Å². The number of ether oxygens (including phenoxy) is 1. The van der Waals surface area contributed by atoms with Gasteiger partial charge < -0.3 is 15.2 Å². The maximum absolute atomic E-state index is 12.3. The third-order valence-corrected chi connectivity index (χ3v) is 2.93. The van der Waals surface area contributed by atoms with Gasteiger partial charge in [-0.2, -0.15) is 0 Å². The first kappa shape index (κ1) is 17.2. The molecule has 0 aromatic heterocycles. The van der Waals surface area contributed by atoms with Gasteiger partial charge >= 0.3 is 0 Å². The van der Waals surface area contributed by atoms with Crippen molar-refractivity contribution in [2.24, 2.45) is 0 Å². The topological polar surface area (TPSA) is 58.6 Å². The minimum Gasteiger partial charge on any atom is -0.384 e. The van der Waals surface area contributed by atoms with Crippen molar-refractivity contribution < 1.29 is 14.6 Å². The average Bonchev–Trinajstić information content (AvgIpc) is 2.43. The van der Waals surface area contributed by atoms with Crippen LogP contribution < -0.4 is 5.32 Å². The molecule has 0 saturated carbocycles. The van der Waals surface area contributed by atoms with Crippen molar-refractivity contribution in [2.75, 3.05) is 19.8 Å². The molecule has 114 valence electrons. The van der Waals surface area contributed by atoms with Crippen molar-refractivity contribution >= 4 is 5.91 Å². The number of nitrogens with one attached hydrogen (secondary N) is 1. The lowest BCUT2D eigenvalue weighted by atomic mass is 10.0. The van der Waals surface area contributed by atoms with Crippen molar-refractivity contribution in [3.8, 4) is 11.8 Å². The monoisotopic (exact) mass is 289 g/mol. The summed E-state index contributed by atoms with van der Waals surface area (Å²) in [6.07, 6.45) is 0. The fourth-order valence-corrected chi connectivity index (χ4v) is 1.92. The first-order valence-corrected chi connectivity index (χ1v) is 7.02. The maximum atomic E-state index is 12.3. The summed E-state index contributed by atoms with van der Waals surface area (Å²) in [6.45, 7) is 8.49. The number of carbonyl (C=O) groups excluding carboxylic acids is 1. The van der Waals surface area contributed by atoms with E-state index in [1.165, 1.54) is 0 Å². The second-order valence-electron chi connectivity index (χ2n) is 5.38. The molecule has 0 heterocycles. The summed E-state index contributed by atoms with van der Waals surface area (Å²) in [5, 5.41) is 11.7. The Bertz CT molecular complexity index is 553. The molecule has 0 aliphatic heterocycles. The van der Waals surface area contributed by atoms with Crippen LogP contribution >= 0.6 is 0 Å². The molecule has 0 fully saturated rings. The van der Waals surface area contributed by atoms with E-state index in [1.54, 1.807) is 12.1 Å². The quantitative estimate of drug-likeness (QED) is 0.814. The zero-order valence-corrected chi connectivity index (χ0v) is 13.1. The predicted molar refractivity (Wildman–Crippen MR) is 83.2 cm³/mol. The normalized spacial score (nSPS) is 10.7. The van der Waals surface area contributed by atoms with Gasteiger partial charge in [-0.25, -0.2) is 0 Å². The van der Waals surface area contributed by atoms with Crippen LogP contribution in [0.4, 0.5) is 0 Å². The first-order chi connectivity index (χ1) is 9.89. The van der Waals surface area contributed by atoms with Gasteiger partial charge in [0.2, 0.25) is 0 Å². The van der Waals surface area contributed by atoms with Gasteiger partial charge in [-0.3, -0.25) is 4.79 Å². The molecule has 0 bridgehead atoms. The number of rotatable bonds is 5. The van der Waals surface area contributed by atoms with Crippen LogP contribution in [0.2, 0.25) is 0 Å². The Kier molecular flexibility index (Phi) is 6.41. The molecule has 1 rings (SSSR count). The van der Waals surface area contributed by atoms with E-state index in [2.05, 4.69) is 17.2 Å². The molecule has 0 atom stereocenters. The highest BCUT2D eigenvalue weighted by Gasteiger charge is 2.20. The van der Waals surface area contributed by atoms with Crippen molar-refractivity contribution in [2.45, 2.75) is 33.3 Å². The van der Waals surface area contributed by atoms with E-state index in [-0.39, 0.29) is 12.5 Å². The van der Waals surface area contributed by atoms with Crippen LogP contribution in [-0.2, 0) is 4.74 Å². The lowest BCUT2D eigenvalue weighted by Crippen LogP contribution is -2.40. The molecule has 0 unspecified atom stereocenters. The Morgan fingerprint density at radius 1 is 1.43 bits per heavy atom. The number of aliphatic hydroxyl groups excluding tert-OH is 1. The van der Waals surface area contributed by atoms with E-state index in [0.717, 1.165) is 5.56 Å². The van der Waals surface area contributed by atoms with Crippen LogP contribution in [0.25, 0.3) is 0 Å². The summed E-state index contributed by atoms with van der Waals surface area (Å²) < 4.78 is 5.56. The van der Waals surface area contributed by atoms with E-state index < -0.39 is 5.60 Å². The molecule has 4 heteroatoms. The fourth-order valence-electron chi connectivity index (χ4n) is 1.92. The molecule has 21 heavy (non-hydrogen) atoms. The number of hydrogen-bond acceptors (Lipinski definition) is 3. The van der Waals surface area contributed by atoms with Gasteiger partial charge in [-0.1, -0.05) is 23.5 Å². The molecule has 1 aromatic rings. The summed E-state index contributed by atoms with van der Waals surface area (Å²) in [5.41, 5.74) is 1.70. The lowest BCUT2D eigenvalue weighted by molar-refractivity contribution is -0.00815.